The lowest BCUT2D eigenvalue weighted by Gasteiger charge is -2.08. The molecule has 2 atom stereocenters. The molecule has 0 amide bonds. The summed E-state index contributed by atoms with van der Waals surface area (Å²) in [6.45, 7) is 0. The first kappa shape index (κ1) is 7.15. The molecule has 13 heavy (non-hydrogen) atoms. The summed E-state index contributed by atoms with van der Waals surface area (Å²) in [4.78, 5) is 0. The van der Waals surface area contributed by atoms with Gasteiger partial charge in [-0.15, -0.1) is 0 Å². The third-order valence-corrected chi connectivity index (χ3v) is 2.66. The van der Waals surface area contributed by atoms with Crippen molar-refractivity contribution in [2.24, 2.45) is 0 Å². The molecule has 2 aliphatic heterocycles. The second-order valence-corrected chi connectivity index (χ2v) is 3.36. The Labute approximate surface area is 76.8 Å². The summed E-state index contributed by atoms with van der Waals surface area (Å²) in [6.07, 6.45) is 4.56. The van der Waals surface area contributed by atoms with E-state index in [1.165, 1.54) is 11.1 Å². The Hall–Kier alpha value is -1.28. The summed E-state index contributed by atoms with van der Waals surface area (Å²) in [7, 11) is 1.69. The second-order valence-electron chi connectivity index (χ2n) is 3.36. The van der Waals surface area contributed by atoms with Gasteiger partial charge in [-0.3, -0.25) is 0 Å². The van der Waals surface area contributed by atoms with E-state index in [1.807, 2.05) is 6.07 Å². The predicted molar refractivity (Wildman–Crippen MR) is 48.7 cm³/mol. The van der Waals surface area contributed by atoms with Crippen molar-refractivity contribution in [3.8, 4) is 5.75 Å². The minimum absolute atomic E-state index is 0.162. The van der Waals surface area contributed by atoms with E-state index in [9.17, 15) is 0 Å². The van der Waals surface area contributed by atoms with Crippen LogP contribution in [0.4, 0.5) is 0 Å². The molecule has 0 saturated heterocycles. The first-order chi connectivity index (χ1) is 6.38. The maximum absolute atomic E-state index is 5.68. The van der Waals surface area contributed by atoms with Gasteiger partial charge in [-0.2, -0.15) is 0 Å². The maximum atomic E-state index is 5.68. The van der Waals surface area contributed by atoms with E-state index in [1.54, 1.807) is 7.11 Å². The van der Waals surface area contributed by atoms with Gasteiger partial charge in [-0.25, -0.2) is 0 Å². The zero-order valence-electron chi connectivity index (χ0n) is 7.36. The van der Waals surface area contributed by atoms with Gasteiger partial charge in [0.1, 0.15) is 18.0 Å². The highest BCUT2D eigenvalue weighted by Crippen LogP contribution is 2.46. The number of methoxy groups -OCH3 is 1. The number of rotatable bonds is 1. The highest BCUT2D eigenvalue weighted by atomic mass is 16.5. The summed E-state index contributed by atoms with van der Waals surface area (Å²) in [5.41, 5.74) is 2.54. The molecule has 66 valence electrons. The first-order valence-corrected chi connectivity index (χ1v) is 4.40. The van der Waals surface area contributed by atoms with Crippen molar-refractivity contribution >= 4 is 0 Å². The summed E-state index contributed by atoms with van der Waals surface area (Å²) in [5, 5.41) is 0. The molecule has 0 spiro atoms. The average Bonchev–Trinajstić information content (AvgIpc) is 2.77. The standard InChI is InChI=1S/C11H10O2/c1-12-7-2-3-8-9(6-7)11-5-4-10(8)13-11/h2-6,10-11H,1H3/t10-,11+/m0/s1. The molecule has 0 saturated carbocycles. The molecule has 2 heterocycles. The van der Waals surface area contributed by atoms with Gasteiger partial charge in [-0.05, 0) is 23.3 Å². The minimum atomic E-state index is 0.162. The lowest BCUT2D eigenvalue weighted by atomic mass is 9.97. The van der Waals surface area contributed by atoms with Gasteiger partial charge in [0.25, 0.3) is 0 Å². The van der Waals surface area contributed by atoms with Crippen molar-refractivity contribution in [1.29, 1.82) is 0 Å². The van der Waals surface area contributed by atoms with E-state index < -0.39 is 0 Å². The third kappa shape index (κ3) is 0.864. The lowest BCUT2D eigenvalue weighted by Crippen LogP contribution is -1.93. The van der Waals surface area contributed by atoms with Crippen LogP contribution in [-0.4, -0.2) is 7.11 Å². The SMILES string of the molecule is COc1ccc2c(c1)[C@H]1C=C[C@@H]2O1. The van der Waals surface area contributed by atoms with Gasteiger partial charge in [0.2, 0.25) is 0 Å². The van der Waals surface area contributed by atoms with Crippen molar-refractivity contribution in [2.75, 3.05) is 7.11 Å². The summed E-state index contributed by atoms with van der Waals surface area (Å²) in [6, 6.07) is 6.13. The molecule has 2 bridgehead atoms. The van der Waals surface area contributed by atoms with Gasteiger partial charge in [0, 0.05) is 0 Å². The second kappa shape index (κ2) is 2.36. The smallest absolute Gasteiger partial charge is 0.119 e. The Morgan fingerprint density at radius 3 is 2.69 bits per heavy atom. The number of fused-ring (bicyclic) bond motifs is 5. The third-order valence-electron chi connectivity index (χ3n) is 2.66. The number of ether oxygens (including phenoxy) is 2. The van der Waals surface area contributed by atoms with Gasteiger partial charge in [-0.1, -0.05) is 18.2 Å². The van der Waals surface area contributed by atoms with Crippen LogP contribution >= 0.6 is 0 Å². The molecule has 3 rings (SSSR count). The van der Waals surface area contributed by atoms with E-state index in [2.05, 4.69) is 24.3 Å². The minimum Gasteiger partial charge on any atom is -0.497 e. The van der Waals surface area contributed by atoms with Crippen LogP contribution in [0.2, 0.25) is 0 Å². The Bertz CT molecular complexity index is 382. The quantitative estimate of drug-likeness (QED) is 0.608. The van der Waals surface area contributed by atoms with Crippen LogP contribution in [0.5, 0.6) is 5.75 Å². The van der Waals surface area contributed by atoms with Crippen molar-refractivity contribution in [3.63, 3.8) is 0 Å². The molecule has 1 aromatic rings. The Morgan fingerprint density at radius 2 is 1.92 bits per heavy atom. The van der Waals surface area contributed by atoms with Crippen molar-refractivity contribution < 1.29 is 9.47 Å². The Kier molecular flexibility index (Phi) is 1.30. The van der Waals surface area contributed by atoms with E-state index in [0.717, 1.165) is 5.75 Å². The maximum Gasteiger partial charge on any atom is 0.119 e. The normalized spacial score (nSPS) is 27.8. The predicted octanol–water partition coefficient (Wildman–Crippen LogP) is 2.38. The van der Waals surface area contributed by atoms with Crippen LogP contribution < -0.4 is 4.74 Å². The van der Waals surface area contributed by atoms with E-state index in [4.69, 9.17) is 9.47 Å². The van der Waals surface area contributed by atoms with Crippen molar-refractivity contribution in [1.82, 2.24) is 0 Å². The van der Waals surface area contributed by atoms with Crippen LogP contribution in [0.15, 0.2) is 30.4 Å². The summed E-state index contributed by atoms with van der Waals surface area (Å²) >= 11 is 0. The molecule has 0 unspecified atom stereocenters. The van der Waals surface area contributed by atoms with E-state index in [-0.39, 0.29) is 12.2 Å². The van der Waals surface area contributed by atoms with Crippen molar-refractivity contribution in [2.45, 2.75) is 12.2 Å². The summed E-state index contributed by atoms with van der Waals surface area (Å²) < 4.78 is 10.8. The van der Waals surface area contributed by atoms with Crippen LogP contribution in [0, 0.1) is 0 Å². The monoisotopic (exact) mass is 174 g/mol. The molecule has 0 fully saturated rings. The van der Waals surface area contributed by atoms with Gasteiger partial charge in [0.05, 0.1) is 7.11 Å². The number of hydrogen-bond donors (Lipinski definition) is 0. The highest BCUT2D eigenvalue weighted by molar-refractivity contribution is 5.46. The Balaban J connectivity index is 2.14. The van der Waals surface area contributed by atoms with Gasteiger partial charge < -0.3 is 9.47 Å². The molecule has 0 N–H and O–H groups in total. The van der Waals surface area contributed by atoms with Crippen LogP contribution in [-0.2, 0) is 4.74 Å². The Morgan fingerprint density at radius 1 is 1.15 bits per heavy atom. The molecule has 1 aromatic carbocycles. The van der Waals surface area contributed by atoms with E-state index in [0.29, 0.717) is 0 Å². The molecule has 2 nitrogen and oxygen atoms in total. The number of hydrogen-bond acceptors (Lipinski definition) is 2. The van der Waals surface area contributed by atoms with E-state index >= 15 is 0 Å². The zero-order chi connectivity index (χ0) is 8.84. The molecular weight excluding hydrogens is 164 g/mol. The van der Waals surface area contributed by atoms with Crippen LogP contribution in [0.1, 0.15) is 23.3 Å². The largest absolute Gasteiger partial charge is 0.497 e. The topological polar surface area (TPSA) is 18.5 Å². The van der Waals surface area contributed by atoms with Crippen molar-refractivity contribution in [3.05, 3.63) is 41.5 Å². The summed E-state index contributed by atoms with van der Waals surface area (Å²) in [5.74, 6) is 0.906. The van der Waals surface area contributed by atoms with Crippen LogP contribution in [0.3, 0.4) is 0 Å². The fourth-order valence-corrected chi connectivity index (χ4v) is 1.99. The van der Waals surface area contributed by atoms with Gasteiger partial charge in [0.15, 0.2) is 0 Å². The molecule has 0 aliphatic carbocycles. The number of benzene rings is 1. The lowest BCUT2D eigenvalue weighted by molar-refractivity contribution is 0.0878. The molecule has 2 heteroatoms. The fourth-order valence-electron chi connectivity index (χ4n) is 1.99. The molecule has 2 aliphatic rings. The zero-order valence-corrected chi connectivity index (χ0v) is 7.36. The van der Waals surface area contributed by atoms with Crippen LogP contribution in [0.25, 0.3) is 0 Å². The first-order valence-electron chi connectivity index (χ1n) is 4.40. The molecule has 0 radical (unpaired) electrons. The molecular formula is C11H10O2. The fraction of sp³-hybridized carbons (Fsp3) is 0.273. The molecule has 0 aromatic heterocycles. The highest BCUT2D eigenvalue weighted by Gasteiger charge is 2.33. The average molecular weight is 174 g/mol. The van der Waals surface area contributed by atoms with Gasteiger partial charge >= 0.3 is 0 Å².